The summed E-state index contributed by atoms with van der Waals surface area (Å²) in [6, 6.07) is 16.4. The number of nitrogens with zero attached hydrogens (tertiary/aromatic N) is 1. The van der Waals surface area contributed by atoms with Crippen molar-refractivity contribution in [1.82, 2.24) is 15.5 Å². The van der Waals surface area contributed by atoms with Crippen LogP contribution in [0.3, 0.4) is 0 Å². The fourth-order valence-corrected chi connectivity index (χ4v) is 3.39. The quantitative estimate of drug-likeness (QED) is 0.698. The number of aromatic amines is 1. The van der Waals surface area contributed by atoms with Crippen LogP contribution in [0.1, 0.15) is 21.5 Å². The normalized spacial score (nSPS) is 11.3. The molecular formula is C19H19N3O3S. The van der Waals surface area contributed by atoms with Gasteiger partial charge in [0.05, 0.1) is 11.4 Å². The van der Waals surface area contributed by atoms with E-state index in [0.717, 1.165) is 16.8 Å². The number of hydrogen-bond acceptors (Lipinski definition) is 4. The fraction of sp³-hybridized carbons (Fsp3) is 0.158. The third kappa shape index (κ3) is 4.80. The summed E-state index contributed by atoms with van der Waals surface area (Å²) in [6.07, 6.45) is 2.87. The Hall–Kier alpha value is -2.93. The van der Waals surface area contributed by atoms with Crippen LogP contribution in [0, 0.1) is 0 Å². The molecule has 0 spiro atoms. The third-order valence-corrected chi connectivity index (χ3v) is 4.69. The summed E-state index contributed by atoms with van der Waals surface area (Å²) in [4.78, 5) is 12.3. The number of amides is 1. The van der Waals surface area contributed by atoms with Crippen molar-refractivity contribution in [3.63, 3.8) is 0 Å². The van der Waals surface area contributed by atoms with E-state index in [2.05, 4.69) is 15.5 Å². The van der Waals surface area contributed by atoms with Gasteiger partial charge in [-0.3, -0.25) is 9.89 Å². The minimum absolute atomic E-state index is 0.0802. The van der Waals surface area contributed by atoms with Crippen LogP contribution in [-0.4, -0.2) is 30.8 Å². The average molecular weight is 369 g/mol. The first-order valence-electron chi connectivity index (χ1n) is 8.04. The maximum Gasteiger partial charge on any atom is 0.251 e. The Bertz CT molecular complexity index is 995. The summed E-state index contributed by atoms with van der Waals surface area (Å²) in [5, 5.41) is 9.68. The largest absolute Gasteiger partial charge is 0.348 e. The first kappa shape index (κ1) is 17.9. The molecule has 2 aromatic carbocycles. The van der Waals surface area contributed by atoms with E-state index in [1.807, 2.05) is 30.3 Å². The van der Waals surface area contributed by atoms with Gasteiger partial charge in [0.2, 0.25) is 0 Å². The summed E-state index contributed by atoms with van der Waals surface area (Å²) in [5.41, 5.74) is 3.97. The molecule has 0 fully saturated rings. The number of nitrogens with one attached hydrogen (secondary N) is 2. The van der Waals surface area contributed by atoms with Crippen molar-refractivity contribution in [3.8, 4) is 11.3 Å². The number of H-pyrrole nitrogens is 1. The van der Waals surface area contributed by atoms with Gasteiger partial charge < -0.3 is 5.32 Å². The molecule has 0 aliphatic carbocycles. The number of hydrogen-bond donors (Lipinski definition) is 2. The van der Waals surface area contributed by atoms with E-state index in [4.69, 9.17) is 0 Å². The molecule has 1 amide bonds. The van der Waals surface area contributed by atoms with Gasteiger partial charge in [0.25, 0.3) is 5.91 Å². The molecule has 26 heavy (non-hydrogen) atoms. The van der Waals surface area contributed by atoms with Crippen LogP contribution in [0.25, 0.3) is 11.3 Å². The highest BCUT2D eigenvalue weighted by atomic mass is 32.2. The van der Waals surface area contributed by atoms with E-state index >= 15 is 0 Å². The molecular weight excluding hydrogens is 350 g/mol. The van der Waals surface area contributed by atoms with E-state index < -0.39 is 9.84 Å². The van der Waals surface area contributed by atoms with Gasteiger partial charge in [0, 0.05) is 24.6 Å². The Morgan fingerprint density at radius 1 is 1.08 bits per heavy atom. The number of rotatable bonds is 6. The van der Waals surface area contributed by atoms with Gasteiger partial charge in [0.15, 0.2) is 9.84 Å². The van der Waals surface area contributed by atoms with Crippen molar-refractivity contribution in [1.29, 1.82) is 0 Å². The molecule has 0 radical (unpaired) electrons. The van der Waals surface area contributed by atoms with Crippen molar-refractivity contribution in [2.45, 2.75) is 12.3 Å². The van der Waals surface area contributed by atoms with Crippen molar-refractivity contribution in [3.05, 3.63) is 77.5 Å². The molecule has 0 atom stereocenters. The topological polar surface area (TPSA) is 91.9 Å². The molecule has 0 bridgehead atoms. The molecule has 3 rings (SSSR count). The Morgan fingerprint density at radius 3 is 2.50 bits per heavy atom. The highest BCUT2D eigenvalue weighted by Crippen LogP contribution is 2.16. The van der Waals surface area contributed by atoms with Gasteiger partial charge in [-0.05, 0) is 34.9 Å². The van der Waals surface area contributed by atoms with Crippen LogP contribution in [-0.2, 0) is 22.1 Å². The number of carbonyl (C=O) groups is 1. The predicted octanol–water partition coefficient (Wildman–Crippen LogP) is 2.55. The van der Waals surface area contributed by atoms with Gasteiger partial charge in [0.1, 0.15) is 0 Å². The van der Waals surface area contributed by atoms with Crippen LogP contribution in [0.15, 0.2) is 60.8 Å². The maximum atomic E-state index is 12.3. The van der Waals surface area contributed by atoms with Crippen molar-refractivity contribution >= 4 is 15.7 Å². The molecule has 0 saturated carbocycles. The maximum absolute atomic E-state index is 12.3. The lowest BCUT2D eigenvalue weighted by molar-refractivity contribution is 0.0951. The van der Waals surface area contributed by atoms with Crippen LogP contribution in [0.5, 0.6) is 0 Å². The molecule has 1 aromatic heterocycles. The van der Waals surface area contributed by atoms with Crippen molar-refractivity contribution in [2.24, 2.45) is 0 Å². The first-order valence-corrected chi connectivity index (χ1v) is 10.1. The van der Waals surface area contributed by atoms with E-state index in [0.29, 0.717) is 17.7 Å². The van der Waals surface area contributed by atoms with Crippen molar-refractivity contribution in [2.75, 3.05) is 6.26 Å². The second-order valence-corrected chi connectivity index (χ2v) is 8.26. The van der Waals surface area contributed by atoms with E-state index in [1.54, 1.807) is 30.5 Å². The standard InChI is InChI=1S/C19H19N3O3S/c1-26(24,25)13-15-3-2-4-17(11-15)19(23)20-12-14-5-7-16(8-6-14)18-9-10-21-22-18/h2-11H,12-13H2,1H3,(H,20,23)(H,21,22). The number of carbonyl (C=O) groups excluding carboxylic acids is 1. The van der Waals surface area contributed by atoms with E-state index in [1.165, 1.54) is 6.26 Å². The third-order valence-electron chi connectivity index (χ3n) is 3.84. The van der Waals surface area contributed by atoms with Crippen LogP contribution in [0.2, 0.25) is 0 Å². The summed E-state index contributed by atoms with van der Waals surface area (Å²) >= 11 is 0. The monoisotopic (exact) mass is 369 g/mol. The zero-order chi connectivity index (χ0) is 18.6. The smallest absolute Gasteiger partial charge is 0.251 e. The lowest BCUT2D eigenvalue weighted by Crippen LogP contribution is -2.22. The molecule has 3 aromatic rings. The molecule has 134 valence electrons. The first-order chi connectivity index (χ1) is 12.4. The van der Waals surface area contributed by atoms with Crippen LogP contribution >= 0.6 is 0 Å². The molecule has 2 N–H and O–H groups in total. The molecule has 7 heteroatoms. The average Bonchev–Trinajstić information content (AvgIpc) is 3.13. The summed E-state index contributed by atoms with van der Waals surface area (Å²) in [6.45, 7) is 0.387. The van der Waals surface area contributed by atoms with E-state index in [9.17, 15) is 13.2 Å². The Balaban J connectivity index is 1.63. The highest BCUT2D eigenvalue weighted by molar-refractivity contribution is 7.89. The Morgan fingerprint density at radius 2 is 1.85 bits per heavy atom. The number of sulfone groups is 1. The fourth-order valence-electron chi connectivity index (χ4n) is 2.61. The lowest BCUT2D eigenvalue weighted by atomic mass is 10.1. The van der Waals surface area contributed by atoms with Gasteiger partial charge in [-0.15, -0.1) is 0 Å². The molecule has 0 saturated heterocycles. The zero-order valence-corrected chi connectivity index (χ0v) is 15.1. The van der Waals surface area contributed by atoms with Crippen molar-refractivity contribution < 1.29 is 13.2 Å². The summed E-state index contributed by atoms with van der Waals surface area (Å²) < 4.78 is 22.8. The minimum atomic E-state index is -3.14. The van der Waals surface area contributed by atoms with Crippen LogP contribution in [0.4, 0.5) is 0 Å². The van der Waals surface area contributed by atoms with Gasteiger partial charge in [-0.25, -0.2) is 8.42 Å². The lowest BCUT2D eigenvalue weighted by Gasteiger charge is -2.08. The molecule has 1 heterocycles. The number of aromatic nitrogens is 2. The molecule has 0 aliphatic rings. The Labute approximate surface area is 152 Å². The Kier molecular flexibility index (Phi) is 5.18. The summed E-state index contributed by atoms with van der Waals surface area (Å²) in [5.74, 6) is -0.318. The van der Waals surface area contributed by atoms with E-state index in [-0.39, 0.29) is 11.7 Å². The summed E-state index contributed by atoms with van der Waals surface area (Å²) in [7, 11) is -3.14. The van der Waals surface area contributed by atoms with Crippen LogP contribution < -0.4 is 5.32 Å². The van der Waals surface area contributed by atoms with Gasteiger partial charge in [-0.1, -0.05) is 36.4 Å². The molecule has 6 nitrogen and oxygen atoms in total. The van der Waals surface area contributed by atoms with Gasteiger partial charge >= 0.3 is 0 Å². The second-order valence-electron chi connectivity index (χ2n) is 6.12. The predicted molar refractivity (Wildman–Crippen MR) is 100 cm³/mol. The number of benzene rings is 2. The second kappa shape index (κ2) is 7.53. The minimum Gasteiger partial charge on any atom is -0.348 e. The van der Waals surface area contributed by atoms with Gasteiger partial charge in [-0.2, -0.15) is 5.10 Å². The SMILES string of the molecule is CS(=O)(=O)Cc1cccc(C(=O)NCc2ccc(-c3ccn[nH]3)cc2)c1. The highest BCUT2D eigenvalue weighted by Gasteiger charge is 2.09. The zero-order valence-electron chi connectivity index (χ0n) is 14.3. The molecule has 0 aliphatic heterocycles. The molecule has 0 unspecified atom stereocenters.